The van der Waals surface area contributed by atoms with Gasteiger partial charge in [0.25, 0.3) is 0 Å². The average Bonchev–Trinajstić information content (AvgIpc) is 3.91. The van der Waals surface area contributed by atoms with Crippen molar-refractivity contribution in [3.63, 3.8) is 0 Å². The van der Waals surface area contributed by atoms with Crippen molar-refractivity contribution in [2.24, 2.45) is 0 Å². The summed E-state index contributed by atoms with van der Waals surface area (Å²) in [7, 11) is 0. The fourth-order valence-corrected chi connectivity index (χ4v) is 8.77. The molecule has 6 heteroatoms. The van der Waals surface area contributed by atoms with Crippen molar-refractivity contribution >= 4 is 51.1 Å². The zero-order valence-electron chi connectivity index (χ0n) is 32.6. The molecule has 0 spiro atoms. The number of aryl methyl sites for hydroxylation is 1. The Kier molecular flexibility index (Phi) is 8.01. The Morgan fingerprint density at radius 3 is 1.73 bits per heavy atom. The van der Waals surface area contributed by atoms with Gasteiger partial charge in [0.1, 0.15) is 22.5 Å². The molecule has 6 nitrogen and oxygen atoms in total. The number of hydrogen-bond acceptors (Lipinski definition) is 6. The van der Waals surface area contributed by atoms with Crippen LogP contribution >= 0.6 is 0 Å². The van der Waals surface area contributed by atoms with Crippen molar-refractivity contribution in [1.29, 1.82) is 0 Å². The van der Waals surface area contributed by atoms with E-state index in [0.717, 1.165) is 120 Å². The molecule has 2 aliphatic rings. The summed E-state index contributed by atoms with van der Waals surface area (Å²) in [4.78, 5) is 20.0. The highest BCUT2D eigenvalue weighted by Crippen LogP contribution is 2.37. The van der Waals surface area contributed by atoms with E-state index in [4.69, 9.17) is 28.8 Å². The van der Waals surface area contributed by atoms with E-state index in [0.29, 0.717) is 17.5 Å². The molecule has 0 fully saturated rings. The predicted octanol–water partition coefficient (Wildman–Crippen LogP) is 12.2. The Bertz CT molecular complexity index is 3400. The van der Waals surface area contributed by atoms with Gasteiger partial charge in [0, 0.05) is 55.6 Å². The van der Waals surface area contributed by atoms with Crippen molar-refractivity contribution in [2.45, 2.75) is 25.7 Å². The highest BCUT2D eigenvalue weighted by molar-refractivity contribution is 6.10. The van der Waals surface area contributed by atoms with Crippen LogP contribution in [-0.2, 0) is 6.42 Å². The maximum absolute atomic E-state index is 6.69. The molecule has 0 N–H and O–H groups in total. The van der Waals surface area contributed by atoms with Gasteiger partial charge in [-0.2, -0.15) is 0 Å². The van der Waals surface area contributed by atoms with Gasteiger partial charge in [-0.25, -0.2) is 19.9 Å². The summed E-state index contributed by atoms with van der Waals surface area (Å²) in [5, 5.41) is 4.54. The van der Waals surface area contributed by atoms with Crippen molar-refractivity contribution in [1.82, 2.24) is 19.9 Å². The number of pyridine rings is 1. The molecule has 4 heterocycles. The molecule has 0 atom stereocenters. The SMILES string of the molecule is C1=Cc2c(oc3cc(-c4ccc5nc(-c6ccc(-c7ccc(-c8nc(-c9ccccc9)nc(-c9ccccc9)n8)cc7)cc6)c6oc7c(c6c5c4)=CCCC=7)ccc23)CC1. The van der Waals surface area contributed by atoms with E-state index in [1.54, 1.807) is 0 Å². The van der Waals surface area contributed by atoms with E-state index in [-0.39, 0.29) is 0 Å². The summed E-state index contributed by atoms with van der Waals surface area (Å²) in [5.41, 5.74) is 13.9. The third-order valence-electron chi connectivity index (χ3n) is 11.8. The predicted molar refractivity (Wildman–Crippen MR) is 242 cm³/mol. The average molecular weight is 773 g/mol. The highest BCUT2D eigenvalue weighted by atomic mass is 16.3. The largest absolute Gasteiger partial charge is 0.460 e. The quantitative estimate of drug-likeness (QED) is 0.167. The molecule has 0 radical (unpaired) electrons. The molecule has 60 heavy (non-hydrogen) atoms. The maximum Gasteiger partial charge on any atom is 0.164 e. The van der Waals surface area contributed by atoms with Gasteiger partial charge in [-0.15, -0.1) is 0 Å². The van der Waals surface area contributed by atoms with Gasteiger partial charge in [0.2, 0.25) is 0 Å². The van der Waals surface area contributed by atoms with Crippen LogP contribution in [0.4, 0.5) is 0 Å². The number of fused-ring (bicyclic) bond motifs is 8. The Hall–Kier alpha value is -7.70. The van der Waals surface area contributed by atoms with Crippen LogP contribution in [0.2, 0.25) is 0 Å². The van der Waals surface area contributed by atoms with E-state index < -0.39 is 0 Å². The fourth-order valence-electron chi connectivity index (χ4n) is 8.77. The Morgan fingerprint density at radius 2 is 1.03 bits per heavy atom. The number of allylic oxidation sites excluding steroid dienone is 1. The van der Waals surface area contributed by atoms with Crippen LogP contribution < -0.4 is 10.6 Å². The van der Waals surface area contributed by atoms with E-state index in [1.165, 1.54) is 10.9 Å². The molecule has 284 valence electrons. The monoisotopic (exact) mass is 772 g/mol. The lowest BCUT2D eigenvalue weighted by Gasteiger charge is -2.10. The van der Waals surface area contributed by atoms with E-state index in [1.807, 2.05) is 60.7 Å². The minimum Gasteiger partial charge on any atom is -0.460 e. The molecule has 0 saturated carbocycles. The van der Waals surface area contributed by atoms with Crippen LogP contribution in [-0.4, -0.2) is 19.9 Å². The topological polar surface area (TPSA) is 77.8 Å². The lowest BCUT2D eigenvalue weighted by Crippen LogP contribution is -2.22. The first kappa shape index (κ1) is 34.4. The first-order valence-corrected chi connectivity index (χ1v) is 20.6. The molecular formula is C54H36N4O2. The number of aromatic nitrogens is 4. The Labute approximate surface area is 345 Å². The number of benzene rings is 6. The lowest BCUT2D eigenvalue weighted by atomic mass is 9.97. The van der Waals surface area contributed by atoms with Crippen molar-refractivity contribution in [3.8, 4) is 67.7 Å². The van der Waals surface area contributed by atoms with Gasteiger partial charge >= 0.3 is 0 Å². The molecule has 2 aliphatic carbocycles. The summed E-state index contributed by atoms with van der Waals surface area (Å²) < 4.78 is 13.0. The molecule has 0 saturated heterocycles. The Balaban J connectivity index is 0.897. The van der Waals surface area contributed by atoms with E-state index >= 15 is 0 Å². The summed E-state index contributed by atoms with van der Waals surface area (Å²) in [5.74, 6) is 3.00. The third kappa shape index (κ3) is 5.87. The van der Waals surface area contributed by atoms with Gasteiger partial charge in [-0.1, -0.05) is 140 Å². The van der Waals surface area contributed by atoms with Crippen molar-refractivity contribution in [3.05, 3.63) is 174 Å². The minimum absolute atomic E-state index is 0.633. The van der Waals surface area contributed by atoms with Gasteiger partial charge in [-0.05, 0) is 71.9 Å². The lowest BCUT2D eigenvalue weighted by molar-refractivity contribution is 0.546. The second kappa shape index (κ2) is 14.0. The molecule has 0 amide bonds. The zero-order valence-corrected chi connectivity index (χ0v) is 32.6. The van der Waals surface area contributed by atoms with Gasteiger partial charge in [0.15, 0.2) is 23.1 Å². The third-order valence-corrected chi connectivity index (χ3v) is 11.8. The summed E-state index contributed by atoms with van der Waals surface area (Å²) >= 11 is 0. The van der Waals surface area contributed by atoms with Gasteiger partial charge in [0.05, 0.1) is 5.52 Å². The van der Waals surface area contributed by atoms with Crippen LogP contribution in [0.1, 0.15) is 30.6 Å². The van der Waals surface area contributed by atoms with Crippen LogP contribution in [0.15, 0.2) is 161 Å². The number of furan rings is 2. The molecular weight excluding hydrogens is 737 g/mol. The van der Waals surface area contributed by atoms with Gasteiger partial charge in [-0.3, -0.25) is 0 Å². The second-order valence-corrected chi connectivity index (χ2v) is 15.5. The van der Waals surface area contributed by atoms with E-state index in [9.17, 15) is 0 Å². The first-order chi connectivity index (χ1) is 29.7. The van der Waals surface area contributed by atoms with Crippen LogP contribution in [0.3, 0.4) is 0 Å². The maximum atomic E-state index is 6.69. The molecule has 0 bridgehead atoms. The normalized spacial score (nSPS) is 13.3. The molecule has 4 aromatic heterocycles. The highest BCUT2D eigenvalue weighted by Gasteiger charge is 2.20. The van der Waals surface area contributed by atoms with Gasteiger partial charge < -0.3 is 8.83 Å². The molecule has 12 rings (SSSR count). The standard InChI is InChI=1S/C54H36N4O2/c1-3-11-36(12-4-1)52-56-53(37-13-5-2-6-14-37)58-54(57-52)38-25-21-34(22-26-38)33-19-23-35(24-20-33)50-51-49(43-16-8-10-18-47(43)60-51)44-31-39(28-30-45(44)55-50)40-27-29-42-41-15-7-9-17-46(41)59-48(42)32-40/h1-7,11-16,18-32H,8-10,17H2. The number of rotatable bonds is 6. The summed E-state index contributed by atoms with van der Waals surface area (Å²) in [6.07, 6.45) is 12.9. The molecule has 6 aromatic carbocycles. The second-order valence-electron chi connectivity index (χ2n) is 15.5. The van der Waals surface area contributed by atoms with E-state index in [2.05, 4.69) is 109 Å². The summed E-state index contributed by atoms with van der Waals surface area (Å²) in [6.45, 7) is 0. The fraction of sp³-hybridized carbons (Fsp3) is 0.0741. The van der Waals surface area contributed by atoms with Crippen molar-refractivity contribution < 1.29 is 8.83 Å². The van der Waals surface area contributed by atoms with Crippen LogP contribution in [0.5, 0.6) is 0 Å². The van der Waals surface area contributed by atoms with Crippen LogP contribution in [0, 0.1) is 0 Å². The molecule has 10 aromatic rings. The smallest absolute Gasteiger partial charge is 0.164 e. The molecule has 0 unspecified atom stereocenters. The zero-order chi connectivity index (χ0) is 39.6. The first-order valence-electron chi connectivity index (χ1n) is 20.6. The molecule has 0 aliphatic heterocycles. The summed E-state index contributed by atoms with van der Waals surface area (Å²) in [6, 6.07) is 50.3. The number of hydrogen-bond donors (Lipinski definition) is 0. The Morgan fingerprint density at radius 1 is 0.450 bits per heavy atom. The van der Waals surface area contributed by atoms with Crippen LogP contribution in [0.25, 0.3) is 119 Å². The minimum atomic E-state index is 0.633. The van der Waals surface area contributed by atoms with Crippen molar-refractivity contribution in [2.75, 3.05) is 0 Å². The number of nitrogens with zero attached hydrogens (tertiary/aromatic N) is 4.